The van der Waals surface area contributed by atoms with E-state index in [1.54, 1.807) is 13.2 Å². The molecule has 0 saturated carbocycles. The summed E-state index contributed by atoms with van der Waals surface area (Å²) in [5.74, 6) is -4.05. The maximum atomic E-state index is 14.1. The van der Waals surface area contributed by atoms with Crippen LogP contribution in [0.2, 0.25) is 0 Å². The molecule has 0 N–H and O–H groups in total. The monoisotopic (exact) mass is 477 g/mol. The third-order valence-corrected chi connectivity index (χ3v) is 4.91. The highest BCUT2D eigenvalue weighted by molar-refractivity contribution is 5.72. The van der Waals surface area contributed by atoms with E-state index in [0.29, 0.717) is 16.8 Å². The van der Waals surface area contributed by atoms with Gasteiger partial charge in [0.25, 0.3) is 5.69 Å². The van der Waals surface area contributed by atoms with Crippen molar-refractivity contribution in [2.24, 2.45) is 12.5 Å². The van der Waals surface area contributed by atoms with Crippen LogP contribution in [0.15, 0.2) is 24.4 Å². The number of nitro groups is 1. The van der Waals surface area contributed by atoms with Gasteiger partial charge in [0.1, 0.15) is 5.69 Å². The van der Waals surface area contributed by atoms with Crippen LogP contribution in [0, 0.1) is 56.5 Å². The molecule has 178 valence electrons. The molecule has 0 saturated heterocycles. The van der Waals surface area contributed by atoms with E-state index in [2.05, 4.69) is 16.9 Å². The summed E-state index contributed by atoms with van der Waals surface area (Å²) in [4.78, 5) is 10.7. The van der Waals surface area contributed by atoms with Gasteiger partial charge in [0.2, 0.25) is 5.82 Å². The number of non-ortho nitro benzene ring substituents is 1. The maximum Gasteiger partial charge on any atom is 0.270 e. The number of aromatic nitrogens is 2. The summed E-state index contributed by atoms with van der Waals surface area (Å²) in [7, 11) is 1.64. The van der Waals surface area contributed by atoms with E-state index in [1.165, 1.54) is 22.9 Å². The Labute approximate surface area is 192 Å². The van der Waals surface area contributed by atoms with Crippen molar-refractivity contribution < 1.29 is 26.9 Å². The fourth-order valence-corrected chi connectivity index (χ4v) is 3.28. The fourth-order valence-electron chi connectivity index (χ4n) is 3.28. The Morgan fingerprint density at radius 1 is 1.00 bits per heavy atom. The zero-order chi connectivity index (χ0) is 25.4. The largest absolute Gasteiger partial charge is 0.274 e. The quantitative estimate of drug-likeness (QED) is 0.115. The number of benzene rings is 2. The average molecular weight is 477 g/mol. The van der Waals surface area contributed by atoms with Gasteiger partial charge in [-0.05, 0) is 39.2 Å². The highest BCUT2D eigenvalue weighted by atomic mass is 19.2. The van der Waals surface area contributed by atoms with Crippen LogP contribution in [0.1, 0.15) is 37.5 Å². The van der Waals surface area contributed by atoms with Crippen molar-refractivity contribution in [1.82, 2.24) is 9.78 Å². The molecular weight excluding hydrogens is 457 g/mol. The molecule has 1 heterocycles. The summed E-state index contributed by atoms with van der Waals surface area (Å²) < 4.78 is 70.3. The van der Waals surface area contributed by atoms with Crippen molar-refractivity contribution in [3.63, 3.8) is 0 Å². The van der Waals surface area contributed by atoms with Gasteiger partial charge in [-0.2, -0.15) is 5.10 Å². The number of nitrogens with zero attached hydrogens (tertiary/aromatic N) is 3. The molecule has 3 aromatic rings. The molecule has 0 fully saturated rings. The summed E-state index contributed by atoms with van der Waals surface area (Å²) in [6, 6.07) is 3.81. The molecule has 1 aromatic heterocycles. The first kappa shape index (κ1) is 24.9. The second kappa shape index (κ2) is 9.25. The van der Waals surface area contributed by atoms with Crippen LogP contribution in [-0.4, -0.2) is 14.7 Å². The number of hydrogen-bond donors (Lipinski definition) is 0. The second-order valence-electron chi connectivity index (χ2n) is 8.71. The van der Waals surface area contributed by atoms with Crippen LogP contribution >= 0.6 is 0 Å². The van der Waals surface area contributed by atoms with Crippen LogP contribution in [0.3, 0.4) is 0 Å². The van der Waals surface area contributed by atoms with Crippen LogP contribution in [-0.2, 0) is 19.9 Å². The van der Waals surface area contributed by atoms with E-state index in [9.17, 15) is 32.1 Å². The Bertz CT molecular complexity index is 1320. The van der Waals surface area contributed by atoms with Gasteiger partial charge in [0, 0.05) is 41.9 Å². The average Bonchev–Trinajstić information content (AvgIpc) is 3.14. The highest BCUT2D eigenvalue weighted by Crippen LogP contribution is 2.32. The van der Waals surface area contributed by atoms with Crippen LogP contribution in [0.25, 0.3) is 11.3 Å². The lowest BCUT2D eigenvalue weighted by molar-refractivity contribution is -0.384. The molecule has 2 aromatic carbocycles. The van der Waals surface area contributed by atoms with E-state index in [0.717, 1.165) is 0 Å². The molecule has 10 heteroatoms. The third kappa shape index (κ3) is 5.09. The lowest BCUT2D eigenvalue weighted by Gasteiger charge is -2.11. The fraction of sp³-hybridized carbons (Fsp3) is 0.292. The molecule has 0 spiro atoms. The third-order valence-electron chi connectivity index (χ3n) is 4.91. The minimum atomic E-state index is -2.23. The zero-order valence-corrected chi connectivity index (χ0v) is 18.8. The number of hydrogen-bond acceptors (Lipinski definition) is 3. The van der Waals surface area contributed by atoms with Crippen molar-refractivity contribution in [1.29, 1.82) is 0 Å². The van der Waals surface area contributed by atoms with E-state index in [4.69, 9.17) is 0 Å². The van der Waals surface area contributed by atoms with E-state index in [1.807, 2.05) is 20.8 Å². The lowest BCUT2D eigenvalue weighted by atomic mass is 9.94. The smallest absolute Gasteiger partial charge is 0.270 e. The number of rotatable bonds is 5. The summed E-state index contributed by atoms with van der Waals surface area (Å²) in [5, 5.41) is 15.7. The van der Waals surface area contributed by atoms with E-state index in [-0.39, 0.29) is 23.1 Å². The van der Waals surface area contributed by atoms with Gasteiger partial charge in [-0.25, -0.2) is 22.0 Å². The second-order valence-corrected chi connectivity index (χ2v) is 8.71. The van der Waals surface area contributed by atoms with E-state index >= 15 is 0 Å². The summed E-state index contributed by atoms with van der Waals surface area (Å²) in [6.45, 7) is 5.70. The molecule has 34 heavy (non-hydrogen) atoms. The Morgan fingerprint density at radius 2 is 1.59 bits per heavy atom. The molecule has 0 unspecified atom stereocenters. The van der Waals surface area contributed by atoms with Gasteiger partial charge in [-0.1, -0.05) is 17.9 Å². The van der Waals surface area contributed by atoms with Gasteiger partial charge in [0.05, 0.1) is 10.5 Å². The first-order valence-electron chi connectivity index (χ1n) is 10.1. The van der Waals surface area contributed by atoms with Crippen molar-refractivity contribution in [2.75, 3.05) is 0 Å². The predicted molar refractivity (Wildman–Crippen MR) is 115 cm³/mol. The first-order chi connectivity index (χ1) is 15.8. The Kier molecular flexibility index (Phi) is 6.77. The molecule has 0 bridgehead atoms. The molecule has 0 aliphatic rings. The van der Waals surface area contributed by atoms with Crippen LogP contribution < -0.4 is 0 Å². The summed E-state index contributed by atoms with van der Waals surface area (Å²) in [5.41, 5.74) is -0.149. The molecule has 0 aliphatic heterocycles. The van der Waals surface area contributed by atoms with E-state index < -0.39 is 46.0 Å². The standard InChI is InChI=1S/C24H20F5N3O2/c1-24(2,3)10-9-14-12-31(4)30-23(14)17-11-15(32(33)34)7-5-13(17)6-8-16-18(25)20(27)22(29)21(28)19(16)26/h5,7,11-12H,6,8H2,1-4H3. The van der Waals surface area contributed by atoms with Crippen LogP contribution in [0.5, 0.6) is 0 Å². The van der Waals surface area contributed by atoms with Gasteiger partial charge in [-0.15, -0.1) is 0 Å². The predicted octanol–water partition coefficient (Wildman–Crippen LogP) is 5.87. The topological polar surface area (TPSA) is 61.0 Å². The molecule has 0 atom stereocenters. The SMILES string of the molecule is Cn1cc(C#CC(C)(C)C)c(-c2cc([N+](=O)[O-])ccc2CCc2c(F)c(F)c(F)c(F)c2F)n1. The minimum absolute atomic E-state index is 0.172. The molecular formula is C24H20F5N3O2. The highest BCUT2D eigenvalue weighted by Gasteiger charge is 2.26. The normalized spacial score (nSPS) is 11.3. The van der Waals surface area contributed by atoms with Crippen LogP contribution in [0.4, 0.5) is 27.6 Å². The Balaban J connectivity index is 2.11. The maximum absolute atomic E-state index is 14.1. The molecule has 3 rings (SSSR count). The zero-order valence-electron chi connectivity index (χ0n) is 18.8. The van der Waals surface area contributed by atoms with Crippen molar-refractivity contribution >= 4 is 5.69 Å². The molecule has 0 radical (unpaired) electrons. The van der Waals surface area contributed by atoms with Crippen molar-refractivity contribution in [2.45, 2.75) is 33.6 Å². The first-order valence-corrected chi connectivity index (χ1v) is 10.1. The number of nitro benzene ring substituents is 1. The van der Waals surface area contributed by atoms with Gasteiger partial charge < -0.3 is 0 Å². The number of aryl methyl sites for hydroxylation is 2. The van der Waals surface area contributed by atoms with Crippen molar-refractivity contribution in [3.05, 3.63) is 80.3 Å². The molecule has 0 amide bonds. The summed E-state index contributed by atoms with van der Waals surface area (Å²) >= 11 is 0. The number of halogens is 5. The Hall–Kier alpha value is -3.74. The Morgan fingerprint density at radius 3 is 2.15 bits per heavy atom. The van der Waals surface area contributed by atoms with Gasteiger partial charge >= 0.3 is 0 Å². The molecule has 0 aliphatic carbocycles. The van der Waals surface area contributed by atoms with Gasteiger partial charge in [0.15, 0.2) is 23.3 Å². The summed E-state index contributed by atoms with van der Waals surface area (Å²) in [6.07, 6.45) is 0.918. The van der Waals surface area contributed by atoms with Gasteiger partial charge in [-0.3, -0.25) is 14.8 Å². The molecule has 5 nitrogen and oxygen atoms in total. The van der Waals surface area contributed by atoms with Crippen molar-refractivity contribution in [3.8, 4) is 23.1 Å². The lowest BCUT2D eigenvalue weighted by Crippen LogP contribution is -2.08. The minimum Gasteiger partial charge on any atom is -0.274 e.